The first-order valence-electron chi connectivity index (χ1n) is 5.59. The first-order valence-corrected chi connectivity index (χ1v) is 5.59. The molecule has 0 bridgehead atoms. The number of benzene rings is 1. The molecule has 0 saturated heterocycles. The van der Waals surface area contributed by atoms with Crippen molar-refractivity contribution in [3.8, 4) is 11.5 Å². The van der Waals surface area contributed by atoms with Crippen molar-refractivity contribution in [2.75, 3.05) is 0 Å². The molecule has 2 N–H and O–H groups in total. The van der Waals surface area contributed by atoms with Crippen LogP contribution in [-0.2, 0) is 6.54 Å². The molecule has 0 aliphatic carbocycles. The fraction of sp³-hybridized carbons (Fsp3) is 0.214. The Morgan fingerprint density at radius 3 is 2.82 bits per heavy atom. The van der Waals surface area contributed by atoms with Crippen LogP contribution < -0.4 is 10.5 Å². The largest absolute Gasteiger partial charge is 0.455 e. The van der Waals surface area contributed by atoms with E-state index < -0.39 is 0 Å². The van der Waals surface area contributed by atoms with Gasteiger partial charge in [0.2, 0.25) is 0 Å². The summed E-state index contributed by atoms with van der Waals surface area (Å²) >= 11 is 0. The summed E-state index contributed by atoms with van der Waals surface area (Å²) in [5.41, 5.74) is 8.89. The van der Waals surface area contributed by atoms with Gasteiger partial charge in [-0.2, -0.15) is 0 Å². The lowest BCUT2D eigenvalue weighted by molar-refractivity contribution is 0.475. The molecule has 0 fully saturated rings. The molecule has 2 rings (SSSR count). The van der Waals surface area contributed by atoms with Gasteiger partial charge >= 0.3 is 0 Å². The van der Waals surface area contributed by atoms with Gasteiger partial charge in [0.25, 0.3) is 0 Å². The van der Waals surface area contributed by atoms with E-state index in [1.807, 2.05) is 25.1 Å². The van der Waals surface area contributed by atoms with Crippen molar-refractivity contribution in [2.45, 2.75) is 20.4 Å². The van der Waals surface area contributed by atoms with Gasteiger partial charge in [-0.05, 0) is 42.7 Å². The van der Waals surface area contributed by atoms with Gasteiger partial charge in [-0.25, -0.2) is 0 Å². The number of hydrogen-bond acceptors (Lipinski definition) is 3. The third-order valence-corrected chi connectivity index (χ3v) is 2.79. The van der Waals surface area contributed by atoms with Crippen molar-refractivity contribution in [2.24, 2.45) is 5.73 Å². The van der Waals surface area contributed by atoms with Crippen molar-refractivity contribution in [3.05, 3.63) is 53.3 Å². The van der Waals surface area contributed by atoms with Gasteiger partial charge in [0, 0.05) is 12.7 Å². The number of nitrogens with zero attached hydrogens (tertiary/aromatic N) is 1. The molecule has 0 radical (unpaired) electrons. The lowest BCUT2D eigenvalue weighted by atomic mass is 10.1. The van der Waals surface area contributed by atoms with Gasteiger partial charge in [0.05, 0.1) is 6.20 Å². The van der Waals surface area contributed by atoms with Crippen LogP contribution in [-0.4, -0.2) is 4.98 Å². The van der Waals surface area contributed by atoms with E-state index in [2.05, 4.69) is 18.0 Å². The highest BCUT2D eigenvalue weighted by Gasteiger charge is 2.04. The van der Waals surface area contributed by atoms with Gasteiger partial charge < -0.3 is 10.5 Å². The predicted molar refractivity (Wildman–Crippen MR) is 68.1 cm³/mol. The monoisotopic (exact) mass is 228 g/mol. The molecule has 0 atom stereocenters. The molecule has 3 nitrogen and oxygen atoms in total. The molecule has 1 aromatic heterocycles. The van der Waals surface area contributed by atoms with Crippen molar-refractivity contribution in [1.29, 1.82) is 0 Å². The average molecular weight is 228 g/mol. The minimum Gasteiger partial charge on any atom is -0.455 e. The molecule has 0 saturated carbocycles. The maximum atomic E-state index is 5.81. The summed E-state index contributed by atoms with van der Waals surface area (Å²) in [6.07, 6.45) is 3.44. The number of pyridine rings is 1. The van der Waals surface area contributed by atoms with Crippen LogP contribution in [0, 0.1) is 13.8 Å². The van der Waals surface area contributed by atoms with Crippen LogP contribution in [0.2, 0.25) is 0 Å². The molecule has 0 aliphatic rings. The number of rotatable bonds is 3. The van der Waals surface area contributed by atoms with Gasteiger partial charge in [-0.3, -0.25) is 4.98 Å². The Balaban J connectivity index is 2.28. The smallest absolute Gasteiger partial charge is 0.146 e. The number of ether oxygens (including phenoxy) is 1. The quantitative estimate of drug-likeness (QED) is 0.878. The molecule has 0 spiro atoms. The summed E-state index contributed by atoms with van der Waals surface area (Å²) in [7, 11) is 0. The number of nitrogens with two attached hydrogens (primary N) is 1. The SMILES string of the molecule is Cc1cccc(Oc2cncc(CN)c2)c1C. The molecule has 2 aromatic rings. The normalized spacial score (nSPS) is 10.3. The standard InChI is InChI=1S/C14H16N2O/c1-10-4-3-5-14(11(10)2)17-13-6-12(7-15)8-16-9-13/h3-6,8-9H,7,15H2,1-2H3. The Hall–Kier alpha value is -1.87. The summed E-state index contributed by atoms with van der Waals surface area (Å²) in [6, 6.07) is 7.92. The van der Waals surface area contributed by atoms with Crippen LogP contribution in [0.25, 0.3) is 0 Å². The fourth-order valence-electron chi connectivity index (χ4n) is 1.59. The lowest BCUT2D eigenvalue weighted by Crippen LogP contribution is -1.97. The van der Waals surface area contributed by atoms with E-state index in [0.29, 0.717) is 6.54 Å². The van der Waals surface area contributed by atoms with Crippen molar-refractivity contribution in [3.63, 3.8) is 0 Å². The predicted octanol–water partition coefficient (Wildman–Crippen LogP) is 2.95. The van der Waals surface area contributed by atoms with Crippen LogP contribution >= 0.6 is 0 Å². The zero-order valence-corrected chi connectivity index (χ0v) is 10.1. The minimum absolute atomic E-state index is 0.469. The lowest BCUT2D eigenvalue weighted by Gasteiger charge is -2.10. The summed E-state index contributed by atoms with van der Waals surface area (Å²) < 4.78 is 5.81. The van der Waals surface area contributed by atoms with Crippen LogP contribution in [0.4, 0.5) is 0 Å². The maximum absolute atomic E-state index is 5.81. The van der Waals surface area contributed by atoms with Gasteiger partial charge in [-0.1, -0.05) is 12.1 Å². The van der Waals surface area contributed by atoms with E-state index in [1.54, 1.807) is 12.4 Å². The number of aryl methyl sites for hydroxylation is 1. The van der Waals surface area contributed by atoms with Crippen molar-refractivity contribution >= 4 is 0 Å². The fourth-order valence-corrected chi connectivity index (χ4v) is 1.59. The van der Waals surface area contributed by atoms with E-state index in [9.17, 15) is 0 Å². The second kappa shape index (κ2) is 4.97. The second-order valence-corrected chi connectivity index (χ2v) is 4.03. The third kappa shape index (κ3) is 2.63. The number of aromatic nitrogens is 1. The molecule has 0 amide bonds. The van der Waals surface area contributed by atoms with Gasteiger partial charge in [0.1, 0.15) is 11.5 Å². The molecule has 0 unspecified atom stereocenters. The molecular formula is C14H16N2O. The summed E-state index contributed by atoms with van der Waals surface area (Å²) in [4.78, 5) is 4.10. The van der Waals surface area contributed by atoms with Crippen LogP contribution in [0.15, 0.2) is 36.7 Å². The Bertz CT molecular complexity index is 523. The molecule has 1 heterocycles. The van der Waals surface area contributed by atoms with Crippen LogP contribution in [0.3, 0.4) is 0 Å². The Morgan fingerprint density at radius 2 is 2.06 bits per heavy atom. The Labute approximate surface area is 101 Å². The van der Waals surface area contributed by atoms with E-state index in [4.69, 9.17) is 10.5 Å². The highest BCUT2D eigenvalue weighted by molar-refractivity contribution is 5.41. The molecule has 17 heavy (non-hydrogen) atoms. The highest BCUT2D eigenvalue weighted by atomic mass is 16.5. The minimum atomic E-state index is 0.469. The molecular weight excluding hydrogens is 212 g/mol. The van der Waals surface area contributed by atoms with Crippen molar-refractivity contribution < 1.29 is 4.74 Å². The summed E-state index contributed by atoms with van der Waals surface area (Å²) in [5.74, 6) is 1.59. The topological polar surface area (TPSA) is 48.1 Å². The highest BCUT2D eigenvalue weighted by Crippen LogP contribution is 2.26. The summed E-state index contributed by atoms with van der Waals surface area (Å²) in [5, 5.41) is 0. The van der Waals surface area contributed by atoms with E-state index in [1.165, 1.54) is 5.56 Å². The zero-order valence-electron chi connectivity index (χ0n) is 10.1. The zero-order chi connectivity index (χ0) is 12.3. The third-order valence-electron chi connectivity index (χ3n) is 2.79. The van der Waals surface area contributed by atoms with Gasteiger partial charge in [0.15, 0.2) is 0 Å². The van der Waals surface area contributed by atoms with Crippen LogP contribution in [0.1, 0.15) is 16.7 Å². The molecule has 88 valence electrons. The van der Waals surface area contributed by atoms with Crippen LogP contribution in [0.5, 0.6) is 11.5 Å². The molecule has 3 heteroatoms. The Kier molecular flexibility index (Phi) is 3.40. The summed E-state index contributed by atoms with van der Waals surface area (Å²) in [6.45, 7) is 4.58. The molecule has 1 aromatic carbocycles. The number of hydrogen-bond donors (Lipinski definition) is 1. The maximum Gasteiger partial charge on any atom is 0.146 e. The van der Waals surface area contributed by atoms with Crippen molar-refractivity contribution in [1.82, 2.24) is 4.98 Å². The first-order chi connectivity index (χ1) is 8.20. The van der Waals surface area contributed by atoms with Gasteiger partial charge in [-0.15, -0.1) is 0 Å². The second-order valence-electron chi connectivity index (χ2n) is 4.03. The average Bonchev–Trinajstić information content (AvgIpc) is 2.35. The van der Waals surface area contributed by atoms with E-state index in [0.717, 1.165) is 22.6 Å². The van der Waals surface area contributed by atoms with E-state index in [-0.39, 0.29) is 0 Å². The van der Waals surface area contributed by atoms with E-state index >= 15 is 0 Å². The first kappa shape index (κ1) is 11.6. The molecule has 0 aliphatic heterocycles. The Morgan fingerprint density at radius 1 is 1.24 bits per heavy atom.